The molecule has 126 valence electrons. The number of nitrogens with zero attached hydrogens (tertiary/aromatic N) is 4. The maximum Gasteiger partial charge on any atom is 0.167 e. The predicted molar refractivity (Wildman–Crippen MR) is 80.9 cm³/mol. The van der Waals surface area contributed by atoms with Gasteiger partial charge in [-0.2, -0.15) is 0 Å². The Labute approximate surface area is 134 Å². The molecule has 23 heavy (non-hydrogen) atoms. The zero-order valence-corrected chi connectivity index (χ0v) is 12.9. The molecule has 0 radical (unpaired) electrons. The average Bonchev–Trinajstić information content (AvgIpc) is 3.02. The van der Waals surface area contributed by atoms with Crippen LogP contribution in [-0.4, -0.2) is 69.1 Å². The van der Waals surface area contributed by atoms with Gasteiger partial charge in [-0.25, -0.2) is 15.0 Å². The van der Waals surface area contributed by atoms with E-state index >= 15 is 0 Å². The van der Waals surface area contributed by atoms with Gasteiger partial charge in [0.15, 0.2) is 17.7 Å². The Morgan fingerprint density at radius 3 is 2.70 bits per heavy atom. The van der Waals surface area contributed by atoms with E-state index in [1.807, 2.05) is 0 Å². The van der Waals surface area contributed by atoms with E-state index in [1.54, 1.807) is 0 Å². The zero-order valence-electron chi connectivity index (χ0n) is 12.1. The number of hydrogen-bond donors (Lipinski definition) is 5. The Morgan fingerprint density at radius 1 is 1.26 bits per heavy atom. The van der Waals surface area contributed by atoms with E-state index in [0.717, 1.165) is 11.8 Å². The number of aliphatic hydroxyl groups is 4. The van der Waals surface area contributed by atoms with Crippen molar-refractivity contribution >= 4 is 28.7 Å². The van der Waals surface area contributed by atoms with Gasteiger partial charge in [-0.3, -0.25) is 4.57 Å². The highest BCUT2D eigenvalue weighted by Crippen LogP contribution is 2.36. The molecule has 2 aromatic rings. The third-order valence-corrected chi connectivity index (χ3v) is 4.49. The molecule has 2 aromatic heterocycles. The summed E-state index contributed by atoms with van der Waals surface area (Å²) in [6.45, 7) is 1.48. The smallest absolute Gasteiger partial charge is 0.167 e. The quantitative estimate of drug-likeness (QED) is 0.410. The molecule has 10 nitrogen and oxygen atoms in total. The fourth-order valence-electron chi connectivity index (χ4n) is 2.49. The third-order valence-electron chi connectivity index (χ3n) is 3.55. The maximum atomic E-state index is 10.2. The lowest BCUT2D eigenvalue weighted by Gasteiger charge is -2.21. The lowest BCUT2D eigenvalue weighted by atomic mass is 10.1. The van der Waals surface area contributed by atoms with Gasteiger partial charge in [-0.05, 0) is 6.92 Å². The molecule has 11 heteroatoms. The largest absolute Gasteiger partial charge is 0.387 e. The first-order valence-electron chi connectivity index (χ1n) is 6.86. The molecular weight excluding hydrogens is 326 g/mol. The first kappa shape index (κ1) is 16.4. The summed E-state index contributed by atoms with van der Waals surface area (Å²) in [5, 5.41) is 39.7. The van der Waals surface area contributed by atoms with Crippen molar-refractivity contribution in [3.8, 4) is 0 Å². The first-order valence-corrected chi connectivity index (χ1v) is 7.80. The van der Waals surface area contributed by atoms with Crippen molar-refractivity contribution in [2.45, 2.75) is 42.3 Å². The van der Waals surface area contributed by atoms with Gasteiger partial charge in [0.25, 0.3) is 0 Å². The standard InChI is InChI=1S/C12H17N5O5S/c1-4(18)23-12(21)8-6(19)7(20)11(22-8)17-3-16-5-9(13)14-2-15-10(5)17/h2-4,6-8,11-12,18-21H,1H3,(H2,13,14,15)/t4?,6-,7+,8-,11+,12?/m0/s1. The van der Waals surface area contributed by atoms with Crippen LogP contribution in [0.4, 0.5) is 5.82 Å². The van der Waals surface area contributed by atoms with Crippen LogP contribution in [0, 0.1) is 0 Å². The number of anilines is 1. The molecule has 2 unspecified atom stereocenters. The van der Waals surface area contributed by atoms with Crippen LogP contribution in [0.2, 0.25) is 0 Å². The van der Waals surface area contributed by atoms with Crippen molar-refractivity contribution in [1.82, 2.24) is 19.5 Å². The van der Waals surface area contributed by atoms with Crippen molar-refractivity contribution in [2.75, 3.05) is 5.73 Å². The average molecular weight is 343 g/mol. The fraction of sp³-hybridized carbons (Fsp3) is 0.583. The highest BCUT2D eigenvalue weighted by atomic mass is 32.2. The topological polar surface area (TPSA) is 160 Å². The first-order chi connectivity index (χ1) is 10.9. The highest BCUT2D eigenvalue weighted by Gasteiger charge is 2.47. The predicted octanol–water partition coefficient (Wildman–Crippen LogP) is -1.58. The molecule has 3 heterocycles. The van der Waals surface area contributed by atoms with Gasteiger partial charge >= 0.3 is 0 Å². The van der Waals surface area contributed by atoms with E-state index in [2.05, 4.69) is 15.0 Å². The van der Waals surface area contributed by atoms with Gasteiger partial charge in [0.05, 0.1) is 11.8 Å². The summed E-state index contributed by atoms with van der Waals surface area (Å²) < 4.78 is 7.00. The summed E-state index contributed by atoms with van der Waals surface area (Å²) in [5.74, 6) is 0.183. The second-order valence-electron chi connectivity index (χ2n) is 5.18. The summed E-state index contributed by atoms with van der Waals surface area (Å²) in [6.07, 6.45) is -2.10. The Bertz CT molecular complexity index is 698. The SMILES string of the molecule is CC(O)SC(O)[C@H]1O[C@@H](n2cnc3c(N)ncnc32)[C@H](O)[C@@H]1O. The summed E-state index contributed by atoms with van der Waals surface area (Å²) >= 11 is 0.807. The van der Waals surface area contributed by atoms with Crippen LogP contribution in [0.3, 0.4) is 0 Å². The number of imidazole rings is 1. The van der Waals surface area contributed by atoms with Gasteiger partial charge < -0.3 is 30.9 Å². The molecule has 0 saturated carbocycles. The second-order valence-corrected chi connectivity index (χ2v) is 6.62. The summed E-state index contributed by atoms with van der Waals surface area (Å²) in [4.78, 5) is 12.0. The van der Waals surface area contributed by atoms with Crippen molar-refractivity contribution in [3.05, 3.63) is 12.7 Å². The minimum absolute atomic E-state index is 0.183. The number of hydrogen-bond acceptors (Lipinski definition) is 10. The van der Waals surface area contributed by atoms with Gasteiger partial charge in [-0.1, -0.05) is 11.8 Å². The number of thioether (sulfide) groups is 1. The second kappa shape index (κ2) is 6.19. The van der Waals surface area contributed by atoms with E-state index in [0.29, 0.717) is 11.2 Å². The lowest BCUT2D eigenvalue weighted by Crippen LogP contribution is -2.37. The minimum Gasteiger partial charge on any atom is -0.387 e. The van der Waals surface area contributed by atoms with Crippen LogP contribution < -0.4 is 5.73 Å². The Hall–Kier alpha value is -1.50. The Kier molecular flexibility index (Phi) is 4.40. The number of nitrogen functional groups attached to an aromatic ring is 1. The molecule has 1 aliphatic heterocycles. The molecule has 0 spiro atoms. The highest BCUT2D eigenvalue weighted by molar-refractivity contribution is 8.00. The fourth-order valence-corrected chi connectivity index (χ4v) is 3.27. The molecule has 0 amide bonds. The van der Waals surface area contributed by atoms with Crippen LogP contribution in [0.5, 0.6) is 0 Å². The van der Waals surface area contributed by atoms with Crippen LogP contribution in [-0.2, 0) is 4.74 Å². The number of nitrogens with two attached hydrogens (primary N) is 1. The molecule has 0 aromatic carbocycles. The van der Waals surface area contributed by atoms with Crippen LogP contribution in [0.1, 0.15) is 13.2 Å². The minimum atomic E-state index is -1.34. The molecular formula is C12H17N5O5S. The van der Waals surface area contributed by atoms with E-state index in [1.165, 1.54) is 24.1 Å². The van der Waals surface area contributed by atoms with Crippen molar-refractivity contribution < 1.29 is 25.2 Å². The Balaban J connectivity index is 1.89. The summed E-state index contributed by atoms with van der Waals surface area (Å²) in [7, 11) is 0. The normalized spacial score (nSPS) is 30.7. The molecule has 6 atom stereocenters. The van der Waals surface area contributed by atoms with Crippen LogP contribution in [0.15, 0.2) is 12.7 Å². The number of ether oxygens (including phenoxy) is 1. The molecule has 3 rings (SSSR count). The monoisotopic (exact) mass is 343 g/mol. The van der Waals surface area contributed by atoms with E-state index in [4.69, 9.17) is 10.5 Å². The number of fused-ring (bicyclic) bond motifs is 1. The van der Waals surface area contributed by atoms with Crippen LogP contribution in [0.25, 0.3) is 11.2 Å². The van der Waals surface area contributed by atoms with Gasteiger partial charge in [0, 0.05) is 0 Å². The molecule has 1 aliphatic rings. The molecule has 1 saturated heterocycles. The number of aromatic nitrogens is 4. The summed E-state index contributed by atoms with van der Waals surface area (Å²) in [5.41, 5.74) is 4.34. The molecule has 0 aliphatic carbocycles. The van der Waals surface area contributed by atoms with Crippen molar-refractivity contribution in [1.29, 1.82) is 0 Å². The molecule has 0 bridgehead atoms. The van der Waals surface area contributed by atoms with Gasteiger partial charge in [-0.15, -0.1) is 0 Å². The van der Waals surface area contributed by atoms with Crippen LogP contribution >= 0.6 is 11.8 Å². The lowest BCUT2D eigenvalue weighted by molar-refractivity contribution is -0.0598. The number of aliphatic hydroxyl groups excluding tert-OH is 4. The van der Waals surface area contributed by atoms with E-state index < -0.39 is 35.4 Å². The number of rotatable bonds is 4. The third kappa shape index (κ3) is 2.86. The zero-order chi connectivity index (χ0) is 16.7. The molecule has 6 N–H and O–H groups in total. The van der Waals surface area contributed by atoms with Crippen molar-refractivity contribution in [3.63, 3.8) is 0 Å². The Morgan fingerprint density at radius 2 is 2.00 bits per heavy atom. The summed E-state index contributed by atoms with van der Waals surface area (Å²) in [6, 6.07) is 0. The van der Waals surface area contributed by atoms with Crippen molar-refractivity contribution in [2.24, 2.45) is 0 Å². The van der Waals surface area contributed by atoms with E-state index in [-0.39, 0.29) is 5.82 Å². The van der Waals surface area contributed by atoms with E-state index in [9.17, 15) is 20.4 Å². The maximum absolute atomic E-state index is 10.2. The molecule has 1 fully saturated rings. The van der Waals surface area contributed by atoms with Gasteiger partial charge in [0.1, 0.15) is 35.6 Å². The van der Waals surface area contributed by atoms with Gasteiger partial charge in [0.2, 0.25) is 0 Å².